The molecule has 0 aliphatic carbocycles. The molecular formula is C30H30N3O+. The van der Waals surface area contributed by atoms with Crippen molar-refractivity contribution in [2.75, 3.05) is 0 Å². The predicted molar refractivity (Wildman–Crippen MR) is 137 cm³/mol. The van der Waals surface area contributed by atoms with E-state index in [4.69, 9.17) is 4.42 Å². The van der Waals surface area contributed by atoms with Crippen molar-refractivity contribution in [1.82, 2.24) is 4.57 Å². The van der Waals surface area contributed by atoms with Crippen molar-refractivity contribution in [3.05, 3.63) is 83.2 Å². The van der Waals surface area contributed by atoms with Gasteiger partial charge in [0.25, 0.3) is 5.82 Å². The topological polar surface area (TPSA) is 45.7 Å². The maximum absolute atomic E-state index is 9.94. The van der Waals surface area contributed by atoms with Crippen LogP contribution in [0.2, 0.25) is 0 Å². The van der Waals surface area contributed by atoms with Gasteiger partial charge in [-0.15, -0.1) is 0 Å². The normalized spacial score (nSPS) is 11.7. The van der Waals surface area contributed by atoms with Crippen molar-refractivity contribution < 1.29 is 8.98 Å². The summed E-state index contributed by atoms with van der Waals surface area (Å²) in [5.41, 5.74) is 8.11. The number of fused-ring (bicyclic) bond motifs is 3. The molecule has 0 spiro atoms. The van der Waals surface area contributed by atoms with Gasteiger partial charge >= 0.3 is 0 Å². The molecule has 0 aliphatic heterocycles. The van der Waals surface area contributed by atoms with Crippen LogP contribution in [-0.2, 0) is 7.05 Å². The van der Waals surface area contributed by atoms with Crippen LogP contribution in [0, 0.1) is 18.3 Å². The van der Waals surface area contributed by atoms with Gasteiger partial charge in [-0.1, -0.05) is 64.1 Å². The molecule has 0 saturated heterocycles. The Labute approximate surface area is 200 Å². The molecule has 0 fully saturated rings. The largest absolute Gasteiger partial charge is 0.455 e. The molecular weight excluding hydrogens is 418 g/mol. The number of nitrogens with zero attached hydrogens (tertiary/aromatic N) is 3. The Kier molecular flexibility index (Phi) is 5.29. The van der Waals surface area contributed by atoms with Gasteiger partial charge in [0.1, 0.15) is 29.2 Å². The van der Waals surface area contributed by atoms with Crippen LogP contribution < -0.4 is 4.57 Å². The molecule has 4 heteroatoms. The number of rotatable bonds is 4. The molecule has 0 N–H and O–H groups in total. The lowest BCUT2D eigenvalue weighted by atomic mass is 9.92. The fraction of sp³-hybridized carbons (Fsp3) is 0.267. The number of aromatic nitrogens is 2. The monoisotopic (exact) mass is 448 g/mol. The Balaban J connectivity index is 1.93. The van der Waals surface area contributed by atoms with Gasteiger partial charge in [-0.2, -0.15) is 9.83 Å². The highest BCUT2D eigenvalue weighted by Gasteiger charge is 2.30. The number of hydrogen-bond donors (Lipinski definition) is 0. The number of benzene rings is 3. The molecule has 0 amide bonds. The number of furan rings is 1. The van der Waals surface area contributed by atoms with E-state index in [1.165, 1.54) is 16.8 Å². The van der Waals surface area contributed by atoms with E-state index in [0.717, 1.165) is 38.9 Å². The second kappa shape index (κ2) is 8.18. The summed E-state index contributed by atoms with van der Waals surface area (Å²) in [5, 5.41) is 11.8. The minimum Gasteiger partial charge on any atom is -0.455 e. The third-order valence-corrected chi connectivity index (χ3v) is 6.78. The van der Waals surface area contributed by atoms with Gasteiger partial charge < -0.3 is 4.42 Å². The minimum atomic E-state index is 0.377. The highest BCUT2D eigenvalue weighted by Crippen LogP contribution is 2.41. The van der Waals surface area contributed by atoms with E-state index in [-0.39, 0.29) is 0 Å². The second-order valence-corrected chi connectivity index (χ2v) is 9.73. The Morgan fingerprint density at radius 2 is 1.65 bits per heavy atom. The van der Waals surface area contributed by atoms with Crippen LogP contribution in [0.4, 0.5) is 0 Å². The van der Waals surface area contributed by atoms with Crippen LogP contribution in [0.1, 0.15) is 61.8 Å². The zero-order valence-electron chi connectivity index (χ0n) is 20.7. The van der Waals surface area contributed by atoms with Crippen molar-refractivity contribution in [2.45, 2.75) is 46.5 Å². The first kappa shape index (κ1) is 22.0. The minimum absolute atomic E-state index is 0.377. The zero-order valence-corrected chi connectivity index (χ0v) is 20.7. The SMILES string of the molecule is Cc1cc(C#N)c2c(oc3ccccc32)c1-c1n(-c2c(C(C)C)cccc2C(C)C)cc[n+]1C. The molecule has 0 atom stereocenters. The summed E-state index contributed by atoms with van der Waals surface area (Å²) in [6, 6.07) is 19.0. The highest BCUT2D eigenvalue weighted by atomic mass is 16.3. The summed E-state index contributed by atoms with van der Waals surface area (Å²) in [7, 11) is 2.07. The van der Waals surface area contributed by atoms with Crippen molar-refractivity contribution in [1.29, 1.82) is 5.26 Å². The van der Waals surface area contributed by atoms with Crippen LogP contribution in [0.5, 0.6) is 0 Å². The van der Waals surface area contributed by atoms with Crippen LogP contribution in [0.15, 0.2) is 65.3 Å². The second-order valence-electron chi connectivity index (χ2n) is 9.73. The van der Waals surface area contributed by atoms with Gasteiger partial charge in [0.15, 0.2) is 5.58 Å². The first-order chi connectivity index (χ1) is 16.3. The molecule has 4 nitrogen and oxygen atoms in total. The van der Waals surface area contributed by atoms with Gasteiger partial charge in [0.05, 0.1) is 18.7 Å². The summed E-state index contributed by atoms with van der Waals surface area (Å²) in [6.45, 7) is 11.1. The Bertz CT molecular complexity index is 1570. The molecule has 0 bridgehead atoms. The van der Waals surface area contributed by atoms with Crippen LogP contribution in [0.25, 0.3) is 39.0 Å². The van der Waals surface area contributed by atoms with E-state index in [2.05, 4.69) is 87.5 Å². The summed E-state index contributed by atoms with van der Waals surface area (Å²) in [5.74, 6) is 1.80. The number of imidazole rings is 1. The average Bonchev–Trinajstić information content (AvgIpc) is 3.38. The Morgan fingerprint density at radius 1 is 0.971 bits per heavy atom. The summed E-state index contributed by atoms with van der Waals surface area (Å²) >= 11 is 0. The molecule has 0 unspecified atom stereocenters. The van der Waals surface area contributed by atoms with Crippen molar-refractivity contribution >= 4 is 21.9 Å². The maximum Gasteiger partial charge on any atom is 0.297 e. The molecule has 3 aromatic carbocycles. The third kappa shape index (κ3) is 3.23. The lowest BCUT2D eigenvalue weighted by molar-refractivity contribution is -0.659. The van der Waals surface area contributed by atoms with Crippen molar-refractivity contribution in [2.24, 2.45) is 7.05 Å². The van der Waals surface area contributed by atoms with Crippen LogP contribution in [0.3, 0.4) is 0 Å². The molecule has 5 rings (SSSR count). The molecule has 34 heavy (non-hydrogen) atoms. The average molecular weight is 449 g/mol. The Morgan fingerprint density at radius 3 is 2.29 bits per heavy atom. The van der Waals surface area contributed by atoms with Crippen LogP contribution in [-0.4, -0.2) is 4.57 Å². The van der Waals surface area contributed by atoms with E-state index in [9.17, 15) is 5.26 Å². The number of para-hydroxylation sites is 2. The molecule has 2 heterocycles. The number of nitriles is 1. The first-order valence-corrected chi connectivity index (χ1v) is 11.9. The molecule has 2 aromatic heterocycles. The van der Waals surface area contributed by atoms with Crippen molar-refractivity contribution in [3.63, 3.8) is 0 Å². The third-order valence-electron chi connectivity index (χ3n) is 6.78. The summed E-state index contributed by atoms with van der Waals surface area (Å²) in [4.78, 5) is 0. The fourth-order valence-corrected chi connectivity index (χ4v) is 5.14. The van der Waals surface area contributed by atoms with E-state index in [0.29, 0.717) is 17.4 Å². The maximum atomic E-state index is 9.94. The Hall–Kier alpha value is -3.84. The smallest absolute Gasteiger partial charge is 0.297 e. The van der Waals surface area contributed by atoms with Gasteiger partial charge in [-0.05, 0) is 36.5 Å². The van der Waals surface area contributed by atoms with Gasteiger partial charge in [-0.3, -0.25) is 0 Å². The zero-order chi connectivity index (χ0) is 24.1. The lowest BCUT2D eigenvalue weighted by Crippen LogP contribution is -2.29. The highest BCUT2D eigenvalue weighted by molar-refractivity contribution is 6.12. The standard InChI is InChI=1S/C30H30N3O/c1-18(2)22-11-9-12-23(19(3)4)28(22)33-15-14-32(6)30(33)26-20(5)16-21(17-31)27-24-10-7-8-13-25(24)34-29(26)27/h7-16,18-19H,1-6H3/q+1. The van der Waals surface area contributed by atoms with E-state index < -0.39 is 0 Å². The van der Waals surface area contributed by atoms with Gasteiger partial charge in [0, 0.05) is 21.9 Å². The van der Waals surface area contributed by atoms with Gasteiger partial charge in [-0.25, -0.2) is 4.57 Å². The predicted octanol–water partition coefficient (Wildman–Crippen LogP) is 7.30. The molecule has 5 aromatic rings. The van der Waals surface area contributed by atoms with Crippen LogP contribution >= 0.6 is 0 Å². The summed E-state index contributed by atoms with van der Waals surface area (Å²) < 4.78 is 10.9. The summed E-state index contributed by atoms with van der Waals surface area (Å²) in [6.07, 6.45) is 4.25. The number of hydrogen-bond acceptors (Lipinski definition) is 2. The van der Waals surface area contributed by atoms with Crippen molar-refractivity contribution in [3.8, 4) is 23.1 Å². The molecule has 0 aliphatic rings. The van der Waals surface area contributed by atoms with E-state index >= 15 is 0 Å². The molecule has 170 valence electrons. The van der Waals surface area contributed by atoms with Gasteiger partial charge in [0.2, 0.25) is 0 Å². The lowest BCUT2D eigenvalue weighted by Gasteiger charge is -2.18. The molecule has 0 radical (unpaired) electrons. The number of aryl methyl sites for hydroxylation is 2. The van der Waals surface area contributed by atoms with E-state index in [1.807, 2.05) is 30.3 Å². The molecule has 0 saturated carbocycles. The fourth-order valence-electron chi connectivity index (χ4n) is 5.14. The van der Waals surface area contributed by atoms with E-state index in [1.54, 1.807) is 0 Å². The quantitative estimate of drug-likeness (QED) is 0.271. The first-order valence-electron chi connectivity index (χ1n) is 11.9.